The van der Waals surface area contributed by atoms with Crippen molar-refractivity contribution in [3.05, 3.63) is 35.4 Å². The fraction of sp³-hybridized carbons (Fsp3) is 0.333. The van der Waals surface area contributed by atoms with Gasteiger partial charge in [-0.2, -0.15) is 0 Å². The van der Waals surface area contributed by atoms with Crippen LogP contribution in [0.2, 0.25) is 0 Å². The van der Waals surface area contributed by atoms with Gasteiger partial charge >= 0.3 is 11.9 Å². The molecule has 0 unspecified atom stereocenters. The number of esters is 2. The van der Waals surface area contributed by atoms with Crippen LogP contribution in [-0.4, -0.2) is 38.4 Å². The number of rotatable bonds is 2. The average Bonchev–Trinajstić information content (AvgIpc) is 3.03. The zero-order valence-corrected chi connectivity index (χ0v) is 8.77. The second-order valence-electron chi connectivity index (χ2n) is 3.55. The summed E-state index contributed by atoms with van der Waals surface area (Å²) < 4.78 is 21.4. The fourth-order valence-corrected chi connectivity index (χ4v) is 1.73. The largest absolute Gasteiger partial charge is 0.520 e. The lowest BCUT2D eigenvalue weighted by molar-refractivity contribution is -0.253. The molecule has 2 heterocycles. The molecule has 4 heteroatoms. The normalized spacial score (nSPS) is 18.8. The van der Waals surface area contributed by atoms with Crippen LogP contribution in [0.15, 0.2) is 24.3 Å². The number of carbonyl (C=O) groups excluding carboxylic acids is 2. The van der Waals surface area contributed by atoms with E-state index in [4.69, 9.17) is 18.3 Å². The first-order valence-electron chi connectivity index (χ1n) is 5.29. The zero-order valence-electron chi connectivity index (χ0n) is 8.77. The Morgan fingerprint density at radius 2 is 1.44 bits per heavy atom. The minimum atomic E-state index is 0.584. The maximum absolute atomic E-state index is 5.36. The van der Waals surface area contributed by atoms with Crippen molar-refractivity contribution >= 4 is 11.9 Å². The van der Waals surface area contributed by atoms with Gasteiger partial charge in [-0.15, -0.1) is 0 Å². The smallest absolute Gasteiger partial charge is 0.311 e. The van der Waals surface area contributed by atoms with Crippen molar-refractivity contribution in [1.29, 1.82) is 0 Å². The van der Waals surface area contributed by atoms with E-state index in [9.17, 15) is 0 Å². The molecular formula is C12H12O4+2. The molecule has 1 aromatic rings. The lowest BCUT2D eigenvalue weighted by Gasteiger charge is -1.93. The average molecular weight is 220 g/mol. The van der Waals surface area contributed by atoms with Crippen LogP contribution in [-0.2, 0) is 9.47 Å². The van der Waals surface area contributed by atoms with Crippen LogP contribution in [0.5, 0.6) is 0 Å². The molecule has 2 aliphatic rings. The first kappa shape index (κ1) is 9.39. The van der Waals surface area contributed by atoms with Crippen molar-refractivity contribution in [3.63, 3.8) is 0 Å². The van der Waals surface area contributed by atoms with Crippen LogP contribution >= 0.6 is 0 Å². The van der Waals surface area contributed by atoms with Crippen LogP contribution in [0, 0.1) is 0 Å². The van der Waals surface area contributed by atoms with Gasteiger partial charge in [-0.25, -0.2) is 0 Å². The Labute approximate surface area is 92.8 Å². The van der Waals surface area contributed by atoms with Gasteiger partial charge in [0.05, 0.1) is 0 Å². The molecule has 0 N–H and O–H groups in total. The molecule has 3 rings (SSSR count). The number of hydrogen-bond acceptors (Lipinski definition) is 2. The maximum Gasteiger partial charge on any atom is 0.520 e. The van der Waals surface area contributed by atoms with E-state index in [1.807, 2.05) is 24.3 Å². The Bertz CT molecular complexity index is 423. The minimum Gasteiger partial charge on any atom is -0.311 e. The summed E-state index contributed by atoms with van der Waals surface area (Å²) in [5, 5.41) is 0. The SMILES string of the molecule is c1cc(C2=[O+]CCO2)cc(C2=[O+]CCO2)c1. The lowest BCUT2D eigenvalue weighted by Crippen LogP contribution is -2.05. The van der Waals surface area contributed by atoms with Gasteiger partial charge in [0.1, 0.15) is 11.1 Å². The molecule has 0 aliphatic carbocycles. The molecule has 0 radical (unpaired) electrons. The minimum absolute atomic E-state index is 0.584. The molecule has 0 aromatic heterocycles. The van der Waals surface area contributed by atoms with Gasteiger partial charge in [-0.05, 0) is 18.2 Å². The molecule has 0 bridgehead atoms. The Morgan fingerprint density at radius 3 is 1.88 bits per heavy atom. The molecule has 2 aliphatic heterocycles. The van der Waals surface area contributed by atoms with E-state index in [1.165, 1.54) is 0 Å². The van der Waals surface area contributed by atoms with Crippen molar-refractivity contribution < 1.29 is 18.3 Å². The highest BCUT2D eigenvalue weighted by molar-refractivity contribution is 5.96. The van der Waals surface area contributed by atoms with Crippen LogP contribution in [0.25, 0.3) is 0 Å². The third-order valence-electron chi connectivity index (χ3n) is 2.43. The van der Waals surface area contributed by atoms with Gasteiger partial charge < -0.3 is 18.3 Å². The van der Waals surface area contributed by atoms with Gasteiger partial charge in [0.2, 0.25) is 26.4 Å². The first-order valence-corrected chi connectivity index (χ1v) is 5.29. The summed E-state index contributed by atoms with van der Waals surface area (Å²) in [6.45, 7) is 2.46. The second kappa shape index (κ2) is 3.96. The number of cyclic esters (lactones) is 2. The number of benzene rings is 1. The monoisotopic (exact) mass is 220 g/mol. The van der Waals surface area contributed by atoms with E-state index >= 15 is 0 Å². The standard InChI is InChI=1S/C12H12O4/c1-2-9(11-13-4-5-14-11)8-10(3-1)12-15-6-7-16-12/h1-3,8H,4-7H2/q+2. The van der Waals surface area contributed by atoms with E-state index in [2.05, 4.69) is 0 Å². The Morgan fingerprint density at radius 1 is 0.875 bits per heavy atom. The van der Waals surface area contributed by atoms with Crippen molar-refractivity contribution in [3.8, 4) is 0 Å². The molecule has 0 saturated carbocycles. The Balaban J connectivity index is 1.93. The summed E-state index contributed by atoms with van der Waals surface area (Å²) in [7, 11) is 0. The summed E-state index contributed by atoms with van der Waals surface area (Å²) >= 11 is 0. The fourth-order valence-electron chi connectivity index (χ4n) is 1.73. The van der Waals surface area contributed by atoms with E-state index in [-0.39, 0.29) is 0 Å². The summed E-state index contributed by atoms with van der Waals surface area (Å²) in [5.74, 6) is 1.17. The van der Waals surface area contributed by atoms with E-state index in [0.29, 0.717) is 38.4 Å². The van der Waals surface area contributed by atoms with E-state index in [0.717, 1.165) is 11.1 Å². The number of hydrogen-bond donors (Lipinski definition) is 0. The molecule has 0 fully saturated rings. The van der Waals surface area contributed by atoms with Gasteiger partial charge in [-0.1, -0.05) is 6.07 Å². The summed E-state index contributed by atoms with van der Waals surface area (Å²) in [4.78, 5) is 0. The highest BCUT2D eigenvalue weighted by Gasteiger charge is 2.29. The third kappa shape index (κ3) is 1.66. The quantitative estimate of drug-likeness (QED) is 0.553. The van der Waals surface area contributed by atoms with Gasteiger partial charge in [0.25, 0.3) is 0 Å². The van der Waals surface area contributed by atoms with E-state index in [1.54, 1.807) is 0 Å². The molecule has 0 atom stereocenters. The zero-order chi connectivity index (χ0) is 10.8. The second-order valence-corrected chi connectivity index (χ2v) is 3.55. The maximum atomic E-state index is 5.36. The first-order chi connectivity index (χ1) is 7.93. The molecule has 1 aromatic carbocycles. The lowest BCUT2D eigenvalue weighted by atomic mass is 10.1. The predicted octanol–water partition coefficient (Wildman–Crippen LogP) is 1.10. The number of ether oxygens (including phenoxy) is 2. The van der Waals surface area contributed by atoms with Crippen LogP contribution < -0.4 is 0 Å². The predicted molar refractivity (Wildman–Crippen MR) is 56.7 cm³/mol. The van der Waals surface area contributed by atoms with Crippen molar-refractivity contribution in [2.45, 2.75) is 0 Å². The molecule has 4 nitrogen and oxygen atoms in total. The van der Waals surface area contributed by atoms with Gasteiger partial charge in [-0.3, -0.25) is 0 Å². The van der Waals surface area contributed by atoms with E-state index < -0.39 is 0 Å². The van der Waals surface area contributed by atoms with Crippen molar-refractivity contribution in [2.75, 3.05) is 26.4 Å². The third-order valence-corrected chi connectivity index (χ3v) is 2.43. The molecule has 0 amide bonds. The van der Waals surface area contributed by atoms with Gasteiger partial charge in [0, 0.05) is 0 Å². The summed E-state index contributed by atoms with van der Waals surface area (Å²) in [5.41, 5.74) is 1.84. The summed E-state index contributed by atoms with van der Waals surface area (Å²) in [6, 6.07) is 7.77. The molecular weight excluding hydrogens is 208 g/mol. The van der Waals surface area contributed by atoms with Gasteiger partial charge in [0.15, 0.2) is 0 Å². The summed E-state index contributed by atoms with van der Waals surface area (Å²) in [6.07, 6.45) is 0. The molecule has 82 valence electrons. The molecule has 16 heavy (non-hydrogen) atoms. The molecule has 0 spiro atoms. The molecule has 0 saturated heterocycles. The van der Waals surface area contributed by atoms with Crippen molar-refractivity contribution in [1.82, 2.24) is 0 Å². The Hall–Kier alpha value is -1.84. The van der Waals surface area contributed by atoms with Crippen LogP contribution in [0.1, 0.15) is 20.0 Å². The highest BCUT2D eigenvalue weighted by Crippen LogP contribution is 2.13. The van der Waals surface area contributed by atoms with Crippen LogP contribution in [0.3, 0.4) is 0 Å². The Kier molecular flexibility index (Phi) is 2.33. The highest BCUT2D eigenvalue weighted by atomic mass is 16.6. The topological polar surface area (TPSA) is 41.1 Å². The van der Waals surface area contributed by atoms with Crippen LogP contribution in [0.4, 0.5) is 0 Å². The van der Waals surface area contributed by atoms with Crippen molar-refractivity contribution in [2.24, 2.45) is 0 Å².